The Morgan fingerprint density at radius 1 is 1.04 bits per heavy atom. The first-order valence-electron chi connectivity index (χ1n) is 8.49. The molecule has 0 aliphatic carbocycles. The van der Waals surface area contributed by atoms with Crippen molar-refractivity contribution in [2.45, 2.75) is 13.0 Å². The van der Waals surface area contributed by atoms with Gasteiger partial charge in [-0.15, -0.1) is 0 Å². The van der Waals surface area contributed by atoms with E-state index in [1.165, 1.54) is 0 Å². The summed E-state index contributed by atoms with van der Waals surface area (Å²) in [5.41, 5.74) is 2.53. The van der Waals surface area contributed by atoms with Gasteiger partial charge in [-0.25, -0.2) is 4.98 Å². The van der Waals surface area contributed by atoms with Crippen LogP contribution in [0.5, 0.6) is 0 Å². The van der Waals surface area contributed by atoms with Gasteiger partial charge in [0.1, 0.15) is 11.7 Å². The van der Waals surface area contributed by atoms with E-state index < -0.39 is 0 Å². The van der Waals surface area contributed by atoms with Gasteiger partial charge in [-0.1, -0.05) is 12.1 Å². The van der Waals surface area contributed by atoms with E-state index in [1.54, 1.807) is 10.8 Å². The Kier molecular flexibility index (Phi) is 4.01. The highest BCUT2D eigenvalue weighted by atomic mass is 16.1. The Balaban J connectivity index is 1.63. The molecule has 0 atom stereocenters. The zero-order valence-electron chi connectivity index (χ0n) is 14.4. The highest BCUT2D eigenvalue weighted by Crippen LogP contribution is 2.15. The fourth-order valence-corrected chi connectivity index (χ4v) is 3.15. The minimum Gasteiger partial charge on any atom is -0.388 e. The predicted molar refractivity (Wildman–Crippen MR) is 103 cm³/mol. The lowest BCUT2D eigenvalue weighted by atomic mass is 10.1. The number of fused-ring (bicyclic) bond motifs is 2. The number of rotatable bonds is 4. The molecule has 0 amide bonds. The number of anilines is 1. The van der Waals surface area contributed by atoms with Crippen LogP contribution in [0.25, 0.3) is 21.7 Å². The highest BCUT2D eigenvalue weighted by Gasteiger charge is 2.10. The van der Waals surface area contributed by atoms with Crippen molar-refractivity contribution in [3.05, 3.63) is 81.3 Å². The molecule has 2 heterocycles. The van der Waals surface area contributed by atoms with Gasteiger partial charge < -0.3 is 10.3 Å². The third kappa shape index (κ3) is 2.97. The van der Waals surface area contributed by atoms with Gasteiger partial charge in [0.25, 0.3) is 5.56 Å². The van der Waals surface area contributed by atoms with E-state index in [-0.39, 0.29) is 11.2 Å². The molecule has 0 radical (unpaired) electrons. The fraction of sp³-hybridized carbons (Fsp3) is 0.150. The molecule has 0 bridgehead atoms. The molecule has 2 aromatic heterocycles. The monoisotopic (exact) mass is 347 g/mol. The van der Waals surface area contributed by atoms with E-state index in [9.17, 15) is 9.59 Å². The van der Waals surface area contributed by atoms with Crippen LogP contribution in [-0.4, -0.2) is 17.0 Å². The van der Waals surface area contributed by atoms with E-state index in [0.29, 0.717) is 18.4 Å². The van der Waals surface area contributed by atoms with Crippen molar-refractivity contribution < 1.29 is 4.57 Å². The van der Waals surface area contributed by atoms with E-state index >= 15 is 0 Å². The van der Waals surface area contributed by atoms with E-state index in [1.807, 2.05) is 55.7 Å². The SMILES string of the molecule is CNc1ccc2c[n+](CCc3ccc4cc[nH]c(=O)c4c3)c(=O)[nH]c2c1. The summed E-state index contributed by atoms with van der Waals surface area (Å²) in [6, 6.07) is 13.6. The molecule has 0 saturated carbocycles. The summed E-state index contributed by atoms with van der Waals surface area (Å²) in [6.07, 6.45) is 4.17. The van der Waals surface area contributed by atoms with Gasteiger partial charge in [0.2, 0.25) is 0 Å². The average Bonchev–Trinajstić information content (AvgIpc) is 2.66. The van der Waals surface area contributed by atoms with Gasteiger partial charge in [-0.3, -0.25) is 4.79 Å². The number of hydrogen-bond donors (Lipinski definition) is 3. The molecule has 6 nitrogen and oxygen atoms in total. The molecule has 6 heteroatoms. The van der Waals surface area contributed by atoms with Crippen LogP contribution in [0, 0.1) is 0 Å². The van der Waals surface area contributed by atoms with Gasteiger partial charge in [-0.2, -0.15) is 9.36 Å². The summed E-state index contributed by atoms with van der Waals surface area (Å²) in [7, 11) is 1.84. The maximum Gasteiger partial charge on any atom is 0.496 e. The fourth-order valence-electron chi connectivity index (χ4n) is 3.15. The van der Waals surface area contributed by atoms with Crippen molar-refractivity contribution in [3.63, 3.8) is 0 Å². The number of benzene rings is 2. The largest absolute Gasteiger partial charge is 0.496 e. The van der Waals surface area contributed by atoms with Crippen LogP contribution in [0.3, 0.4) is 0 Å². The quantitative estimate of drug-likeness (QED) is 0.494. The maximum absolute atomic E-state index is 12.4. The number of pyridine rings is 1. The Labute approximate surface area is 149 Å². The lowest BCUT2D eigenvalue weighted by Gasteiger charge is -2.04. The second-order valence-electron chi connectivity index (χ2n) is 6.28. The predicted octanol–water partition coefficient (Wildman–Crippen LogP) is 1.94. The average molecular weight is 347 g/mol. The summed E-state index contributed by atoms with van der Waals surface area (Å²) < 4.78 is 1.67. The molecule has 3 N–H and O–H groups in total. The van der Waals surface area contributed by atoms with Gasteiger partial charge in [0, 0.05) is 36.8 Å². The van der Waals surface area contributed by atoms with Crippen molar-refractivity contribution in [2.24, 2.45) is 0 Å². The minimum atomic E-state index is -0.149. The summed E-state index contributed by atoms with van der Waals surface area (Å²) in [5.74, 6) is 0. The van der Waals surface area contributed by atoms with Crippen molar-refractivity contribution in [3.8, 4) is 0 Å². The smallest absolute Gasteiger partial charge is 0.388 e. The van der Waals surface area contributed by atoms with Crippen molar-refractivity contribution in [1.82, 2.24) is 9.97 Å². The molecular formula is C20H19N4O2+. The number of hydrogen-bond acceptors (Lipinski definition) is 3. The summed E-state index contributed by atoms with van der Waals surface area (Å²) >= 11 is 0. The zero-order valence-corrected chi connectivity index (χ0v) is 14.4. The molecule has 26 heavy (non-hydrogen) atoms. The Bertz CT molecular complexity index is 1220. The van der Waals surface area contributed by atoms with Gasteiger partial charge in [0.15, 0.2) is 0 Å². The molecular weight excluding hydrogens is 328 g/mol. The molecule has 0 unspecified atom stereocenters. The number of H-pyrrole nitrogens is 2. The second kappa shape index (κ2) is 6.48. The normalized spacial score (nSPS) is 11.1. The van der Waals surface area contributed by atoms with Crippen molar-refractivity contribution in [1.29, 1.82) is 0 Å². The number of nitrogens with one attached hydrogen (secondary N) is 3. The number of nitrogens with zero attached hydrogens (tertiary/aromatic N) is 1. The molecule has 2 aromatic carbocycles. The topological polar surface area (TPSA) is 81.6 Å². The lowest BCUT2D eigenvalue weighted by Crippen LogP contribution is -2.51. The van der Waals surface area contributed by atoms with Crippen LogP contribution >= 0.6 is 0 Å². The van der Waals surface area contributed by atoms with Crippen LogP contribution in [-0.2, 0) is 13.0 Å². The third-order valence-corrected chi connectivity index (χ3v) is 4.62. The van der Waals surface area contributed by atoms with Crippen LogP contribution in [0.1, 0.15) is 5.56 Å². The standard InChI is InChI=1S/C20H18N4O2/c1-21-16-5-4-15-12-24(20(26)23-18(15)11-16)9-7-13-2-3-14-6-8-22-19(25)17(14)10-13/h2-6,8,10-12H,7,9H2,1H3,(H2,21,22,23,25,26)/p+1. The molecule has 0 fully saturated rings. The number of aromatic amines is 2. The van der Waals surface area contributed by atoms with Crippen LogP contribution < -0.4 is 21.1 Å². The summed E-state index contributed by atoms with van der Waals surface area (Å²) in [4.78, 5) is 29.9. The molecule has 0 saturated heterocycles. The lowest BCUT2D eigenvalue weighted by molar-refractivity contribution is -0.711. The first kappa shape index (κ1) is 16.1. The Morgan fingerprint density at radius 3 is 2.73 bits per heavy atom. The van der Waals surface area contributed by atoms with Crippen LogP contribution in [0.2, 0.25) is 0 Å². The van der Waals surface area contributed by atoms with E-state index in [2.05, 4.69) is 15.3 Å². The molecule has 0 aliphatic heterocycles. The van der Waals surface area contributed by atoms with Gasteiger partial charge in [-0.05, 0) is 35.2 Å². The van der Waals surface area contributed by atoms with Crippen LogP contribution in [0.15, 0.2) is 64.4 Å². The third-order valence-electron chi connectivity index (χ3n) is 4.62. The van der Waals surface area contributed by atoms with Crippen LogP contribution in [0.4, 0.5) is 5.69 Å². The Morgan fingerprint density at radius 2 is 1.88 bits per heavy atom. The highest BCUT2D eigenvalue weighted by molar-refractivity contribution is 5.82. The molecule has 130 valence electrons. The van der Waals surface area contributed by atoms with Crippen molar-refractivity contribution in [2.75, 3.05) is 12.4 Å². The molecule has 0 aliphatic rings. The zero-order chi connectivity index (χ0) is 18.1. The Hall–Kier alpha value is -3.41. The first-order valence-corrected chi connectivity index (χ1v) is 8.49. The number of aryl methyl sites for hydroxylation is 2. The van der Waals surface area contributed by atoms with E-state index in [0.717, 1.165) is 27.5 Å². The molecule has 4 aromatic rings. The minimum absolute atomic E-state index is 0.0964. The summed E-state index contributed by atoms with van der Waals surface area (Å²) in [5, 5.41) is 5.61. The first-order chi connectivity index (χ1) is 12.6. The molecule has 0 spiro atoms. The maximum atomic E-state index is 12.4. The molecule has 4 rings (SSSR count). The van der Waals surface area contributed by atoms with Gasteiger partial charge >= 0.3 is 5.69 Å². The van der Waals surface area contributed by atoms with Gasteiger partial charge in [0.05, 0.1) is 11.9 Å². The second-order valence-corrected chi connectivity index (χ2v) is 6.28. The van der Waals surface area contributed by atoms with E-state index in [4.69, 9.17) is 0 Å². The summed E-state index contributed by atoms with van der Waals surface area (Å²) in [6.45, 7) is 0.537. The van der Waals surface area contributed by atoms with Crippen molar-refractivity contribution >= 4 is 27.4 Å². The number of aromatic nitrogens is 3.